The Morgan fingerprint density at radius 2 is 2.11 bits per heavy atom. The summed E-state index contributed by atoms with van der Waals surface area (Å²) >= 11 is 6.12. The van der Waals surface area contributed by atoms with E-state index in [9.17, 15) is 4.79 Å². The first-order valence-electron chi connectivity index (χ1n) is 6.50. The van der Waals surface area contributed by atoms with Gasteiger partial charge >= 0.3 is 0 Å². The number of morpholine rings is 1. The van der Waals surface area contributed by atoms with Crippen LogP contribution in [0.15, 0.2) is 24.3 Å². The topological polar surface area (TPSA) is 41.6 Å². The zero-order valence-electron chi connectivity index (χ0n) is 11.1. The van der Waals surface area contributed by atoms with Crippen molar-refractivity contribution in [2.75, 3.05) is 32.8 Å². The van der Waals surface area contributed by atoms with Crippen LogP contribution in [0, 0.1) is 0 Å². The van der Waals surface area contributed by atoms with Gasteiger partial charge in [-0.3, -0.25) is 9.69 Å². The van der Waals surface area contributed by atoms with Crippen LogP contribution in [0.2, 0.25) is 5.02 Å². The van der Waals surface area contributed by atoms with Gasteiger partial charge in [0.15, 0.2) is 0 Å². The largest absolute Gasteiger partial charge is 0.379 e. The SMILES string of the molecule is CC(NC(=O)CN1CCOCC1)c1ccccc1Cl. The van der Waals surface area contributed by atoms with E-state index in [1.807, 2.05) is 31.2 Å². The monoisotopic (exact) mass is 282 g/mol. The molecule has 0 bridgehead atoms. The van der Waals surface area contributed by atoms with E-state index < -0.39 is 0 Å². The van der Waals surface area contributed by atoms with Crippen LogP contribution < -0.4 is 5.32 Å². The Hall–Kier alpha value is -1.10. The third kappa shape index (κ3) is 4.20. The number of amides is 1. The lowest BCUT2D eigenvalue weighted by Gasteiger charge is -2.26. The van der Waals surface area contributed by atoms with E-state index >= 15 is 0 Å². The lowest BCUT2D eigenvalue weighted by Crippen LogP contribution is -2.43. The van der Waals surface area contributed by atoms with E-state index in [4.69, 9.17) is 16.3 Å². The fraction of sp³-hybridized carbons (Fsp3) is 0.500. The predicted molar refractivity (Wildman–Crippen MR) is 75.3 cm³/mol. The maximum atomic E-state index is 12.0. The van der Waals surface area contributed by atoms with Gasteiger partial charge in [-0.15, -0.1) is 0 Å². The molecule has 0 radical (unpaired) electrons. The standard InChI is InChI=1S/C14H19ClN2O2/c1-11(12-4-2-3-5-13(12)15)16-14(18)10-17-6-8-19-9-7-17/h2-5,11H,6-10H2,1H3,(H,16,18). The van der Waals surface area contributed by atoms with E-state index in [1.165, 1.54) is 0 Å². The van der Waals surface area contributed by atoms with Crippen LogP contribution in [0.3, 0.4) is 0 Å². The minimum atomic E-state index is -0.0813. The molecule has 1 aliphatic rings. The van der Waals surface area contributed by atoms with Gasteiger partial charge in [0.05, 0.1) is 25.8 Å². The van der Waals surface area contributed by atoms with Crippen LogP contribution in [-0.4, -0.2) is 43.7 Å². The zero-order chi connectivity index (χ0) is 13.7. The number of nitrogens with one attached hydrogen (secondary N) is 1. The van der Waals surface area contributed by atoms with E-state index in [0.717, 1.165) is 18.7 Å². The highest BCUT2D eigenvalue weighted by molar-refractivity contribution is 6.31. The molecule has 1 saturated heterocycles. The van der Waals surface area contributed by atoms with Crippen molar-refractivity contribution in [3.63, 3.8) is 0 Å². The second kappa shape index (κ2) is 6.89. The van der Waals surface area contributed by atoms with Crippen LogP contribution in [0.4, 0.5) is 0 Å². The molecule has 0 saturated carbocycles. The van der Waals surface area contributed by atoms with Gasteiger partial charge in [-0.05, 0) is 18.6 Å². The Morgan fingerprint density at radius 3 is 2.79 bits per heavy atom. The van der Waals surface area contributed by atoms with Crippen molar-refractivity contribution in [1.29, 1.82) is 0 Å². The molecule has 19 heavy (non-hydrogen) atoms. The Labute approximate surface area is 118 Å². The quantitative estimate of drug-likeness (QED) is 0.916. The Balaban J connectivity index is 1.86. The molecule has 1 aromatic rings. The van der Waals surface area contributed by atoms with Gasteiger partial charge in [0, 0.05) is 18.1 Å². The van der Waals surface area contributed by atoms with Crippen molar-refractivity contribution in [3.05, 3.63) is 34.9 Å². The first-order valence-corrected chi connectivity index (χ1v) is 6.88. The summed E-state index contributed by atoms with van der Waals surface area (Å²) in [5.74, 6) is 0.0225. The van der Waals surface area contributed by atoms with Gasteiger partial charge in [0.1, 0.15) is 0 Å². The molecule has 1 heterocycles. The highest BCUT2D eigenvalue weighted by atomic mass is 35.5. The lowest BCUT2D eigenvalue weighted by molar-refractivity contribution is -0.123. The molecule has 0 aromatic heterocycles. The second-order valence-corrected chi connectivity index (χ2v) is 5.11. The molecule has 4 nitrogen and oxygen atoms in total. The molecule has 5 heteroatoms. The van der Waals surface area contributed by atoms with Gasteiger partial charge in [0.25, 0.3) is 0 Å². The van der Waals surface area contributed by atoms with Gasteiger partial charge < -0.3 is 10.1 Å². The summed E-state index contributed by atoms with van der Waals surface area (Å²) in [6.07, 6.45) is 0. The number of nitrogens with zero attached hydrogens (tertiary/aromatic N) is 1. The number of benzene rings is 1. The Bertz CT molecular complexity index is 433. The van der Waals surface area contributed by atoms with Gasteiger partial charge in [-0.2, -0.15) is 0 Å². The van der Waals surface area contributed by atoms with Gasteiger partial charge in [0.2, 0.25) is 5.91 Å². The normalized spacial score (nSPS) is 18.0. The van der Waals surface area contributed by atoms with Gasteiger partial charge in [-0.1, -0.05) is 29.8 Å². The number of carbonyl (C=O) groups is 1. The van der Waals surface area contributed by atoms with E-state index in [1.54, 1.807) is 0 Å². The number of hydrogen-bond donors (Lipinski definition) is 1. The third-order valence-electron chi connectivity index (χ3n) is 3.22. The average molecular weight is 283 g/mol. The minimum Gasteiger partial charge on any atom is -0.379 e. The number of ether oxygens (including phenoxy) is 1. The molecular formula is C14H19ClN2O2. The summed E-state index contributed by atoms with van der Waals surface area (Å²) in [5.41, 5.74) is 0.944. The highest BCUT2D eigenvalue weighted by Gasteiger charge is 2.16. The zero-order valence-corrected chi connectivity index (χ0v) is 11.8. The van der Waals surface area contributed by atoms with E-state index in [0.29, 0.717) is 24.8 Å². The Morgan fingerprint density at radius 1 is 1.42 bits per heavy atom. The molecule has 1 N–H and O–H groups in total. The minimum absolute atomic E-state index is 0.0225. The van der Waals surface area contributed by atoms with Crippen molar-refractivity contribution >= 4 is 17.5 Å². The summed E-state index contributed by atoms with van der Waals surface area (Å²) in [6, 6.07) is 7.49. The first kappa shape index (κ1) is 14.3. The van der Waals surface area contributed by atoms with Crippen LogP contribution in [0.1, 0.15) is 18.5 Å². The number of halogens is 1. The van der Waals surface area contributed by atoms with Crippen molar-refractivity contribution in [2.45, 2.75) is 13.0 Å². The molecular weight excluding hydrogens is 264 g/mol. The maximum absolute atomic E-state index is 12.0. The fourth-order valence-electron chi connectivity index (χ4n) is 2.15. The number of rotatable bonds is 4. The molecule has 2 rings (SSSR count). The number of carbonyl (C=O) groups excluding carboxylic acids is 1. The average Bonchev–Trinajstić information content (AvgIpc) is 2.40. The van der Waals surface area contributed by atoms with Crippen LogP contribution in [-0.2, 0) is 9.53 Å². The smallest absolute Gasteiger partial charge is 0.234 e. The summed E-state index contributed by atoms with van der Waals surface area (Å²) < 4.78 is 5.26. The predicted octanol–water partition coefficient (Wildman–Crippen LogP) is 1.85. The summed E-state index contributed by atoms with van der Waals surface area (Å²) in [6.45, 7) is 5.39. The molecule has 0 spiro atoms. The van der Waals surface area contributed by atoms with Crippen LogP contribution >= 0.6 is 11.6 Å². The van der Waals surface area contributed by atoms with Crippen LogP contribution in [0.25, 0.3) is 0 Å². The third-order valence-corrected chi connectivity index (χ3v) is 3.56. The number of hydrogen-bond acceptors (Lipinski definition) is 3. The van der Waals surface area contributed by atoms with Crippen molar-refractivity contribution in [3.8, 4) is 0 Å². The Kier molecular flexibility index (Phi) is 5.19. The first-order chi connectivity index (χ1) is 9.16. The molecule has 104 valence electrons. The van der Waals surface area contributed by atoms with Gasteiger partial charge in [-0.25, -0.2) is 0 Å². The van der Waals surface area contributed by atoms with E-state index in [2.05, 4.69) is 10.2 Å². The maximum Gasteiger partial charge on any atom is 0.234 e. The fourth-order valence-corrected chi connectivity index (χ4v) is 2.45. The summed E-state index contributed by atoms with van der Waals surface area (Å²) in [7, 11) is 0. The second-order valence-electron chi connectivity index (χ2n) is 4.70. The molecule has 1 aromatic carbocycles. The summed E-state index contributed by atoms with van der Waals surface area (Å²) in [4.78, 5) is 14.1. The highest BCUT2D eigenvalue weighted by Crippen LogP contribution is 2.21. The molecule has 1 aliphatic heterocycles. The molecule has 1 amide bonds. The molecule has 0 aliphatic carbocycles. The van der Waals surface area contributed by atoms with Crippen molar-refractivity contribution in [2.24, 2.45) is 0 Å². The van der Waals surface area contributed by atoms with Crippen molar-refractivity contribution in [1.82, 2.24) is 10.2 Å². The molecule has 1 unspecified atom stereocenters. The molecule has 1 fully saturated rings. The summed E-state index contributed by atoms with van der Waals surface area (Å²) in [5, 5.41) is 3.66. The van der Waals surface area contributed by atoms with Crippen LogP contribution in [0.5, 0.6) is 0 Å². The molecule has 1 atom stereocenters. The van der Waals surface area contributed by atoms with Crippen molar-refractivity contribution < 1.29 is 9.53 Å². The lowest BCUT2D eigenvalue weighted by atomic mass is 10.1. The van der Waals surface area contributed by atoms with E-state index in [-0.39, 0.29) is 11.9 Å².